The molecule has 0 saturated carbocycles. The van der Waals surface area contributed by atoms with E-state index in [0.29, 0.717) is 6.61 Å². The number of amidine groups is 1. The van der Waals surface area contributed by atoms with Crippen LogP contribution in [-0.4, -0.2) is 24.2 Å². The summed E-state index contributed by atoms with van der Waals surface area (Å²) in [6.45, 7) is 8.12. The molecule has 0 aliphatic heterocycles. The molecule has 5 heteroatoms. The standard InChI is InChI=1S/C15H25N3O2/c1-4-20-13-7-5-6-12(10-13)11-17-9-8-15(2,3)14(16)18-19/h5-7,10,17,19H,4,8-9,11H2,1-3H3,(H2,16,18). The summed E-state index contributed by atoms with van der Waals surface area (Å²) in [5.74, 6) is 1.15. The summed E-state index contributed by atoms with van der Waals surface area (Å²) in [6, 6.07) is 8.03. The Balaban J connectivity index is 2.39. The molecule has 0 atom stereocenters. The minimum Gasteiger partial charge on any atom is -0.494 e. The SMILES string of the molecule is CCOc1cccc(CNCCC(C)(C)C(N)=NO)c1. The fourth-order valence-electron chi connectivity index (χ4n) is 1.81. The highest BCUT2D eigenvalue weighted by Gasteiger charge is 2.22. The number of nitrogens with two attached hydrogens (primary N) is 1. The van der Waals surface area contributed by atoms with Crippen molar-refractivity contribution in [2.45, 2.75) is 33.7 Å². The summed E-state index contributed by atoms with van der Waals surface area (Å²) in [5, 5.41) is 15.2. The molecule has 1 aromatic carbocycles. The van der Waals surface area contributed by atoms with Gasteiger partial charge in [0.05, 0.1) is 6.61 Å². The van der Waals surface area contributed by atoms with Crippen molar-refractivity contribution in [3.63, 3.8) is 0 Å². The average Bonchev–Trinajstić information content (AvgIpc) is 2.43. The number of hydrogen-bond donors (Lipinski definition) is 3. The third-order valence-electron chi connectivity index (χ3n) is 3.27. The van der Waals surface area contributed by atoms with Crippen LogP contribution in [0.5, 0.6) is 5.75 Å². The van der Waals surface area contributed by atoms with Crippen LogP contribution in [0.4, 0.5) is 0 Å². The van der Waals surface area contributed by atoms with E-state index in [0.717, 1.165) is 25.3 Å². The minimum absolute atomic E-state index is 0.262. The van der Waals surface area contributed by atoms with Gasteiger partial charge in [0.2, 0.25) is 0 Å². The highest BCUT2D eigenvalue weighted by molar-refractivity contribution is 5.85. The molecule has 0 heterocycles. The molecule has 0 spiro atoms. The number of benzene rings is 1. The molecule has 0 fully saturated rings. The molecule has 0 bridgehead atoms. The Morgan fingerprint density at radius 2 is 2.20 bits per heavy atom. The summed E-state index contributed by atoms with van der Waals surface area (Å²) >= 11 is 0. The molecule has 0 unspecified atom stereocenters. The molecule has 1 rings (SSSR count). The van der Waals surface area contributed by atoms with Crippen LogP contribution in [0.3, 0.4) is 0 Å². The van der Waals surface area contributed by atoms with Gasteiger partial charge in [-0.1, -0.05) is 31.1 Å². The maximum absolute atomic E-state index is 8.71. The van der Waals surface area contributed by atoms with E-state index in [1.54, 1.807) is 0 Å². The van der Waals surface area contributed by atoms with E-state index in [1.165, 1.54) is 5.56 Å². The van der Waals surface area contributed by atoms with Gasteiger partial charge in [-0.15, -0.1) is 0 Å². The molecule has 0 aliphatic rings. The van der Waals surface area contributed by atoms with Crippen molar-refractivity contribution in [2.24, 2.45) is 16.3 Å². The van der Waals surface area contributed by atoms with Crippen molar-refractivity contribution in [2.75, 3.05) is 13.2 Å². The molecule has 1 aromatic rings. The Hall–Kier alpha value is -1.75. The third kappa shape index (κ3) is 5.09. The largest absolute Gasteiger partial charge is 0.494 e. The van der Waals surface area contributed by atoms with Crippen molar-refractivity contribution in [3.05, 3.63) is 29.8 Å². The van der Waals surface area contributed by atoms with Gasteiger partial charge in [-0.3, -0.25) is 0 Å². The van der Waals surface area contributed by atoms with Crippen LogP contribution >= 0.6 is 0 Å². The first-order valence-corrected chi connectivity index (χ1v) is 6.90. The maximum Gasteiger partial charge on any atom is 0.144 e. The van der Waals surface area contributed by atoms with Crippen LogP contribution in [0, 0.1) is 5.41 Å². The van der Waals surface area contributed by atoms with Crippen molar-refractivity contribution in [3.8, 4) is 5.75 Å². The molecule has 4 N–H and O–H groups in total. The number of ether oxygens (including phenoxy) is 1. The van der Waals surface area contributed by atoms with Crippen molar-refractivity contribution >= 4 is 5.84 Å². The van der Waals surface area contributed by atoms with E-state index in [2.05, 4.69) is 16.5 Å². The normalized spacial score (nSPS) is 12.4. The first kappa shape index (κ1) is 16.3. The molecule has 0 saturated heterocycles. The predicted octanol–water partition coefficient (Wildman–Crippen LogP) is 2.34. The molecule has 0 aromatic heterocycles. The van der Waals surface area contributed by atoms with E-state index in [9.17, 15) is 0 Å². The van der Waals surface area contributed by atoms with E-state index in [4.69, 9.17) is 15.7 Å². The zero-order chi connectivity index (χ0) is 15.0. The van der Waals surface area contributed by atoms with Crippen molar-refractivity contribution in [1.82, 2.24) is 5.32 Å². The minimum atomic E-state index is -0.311. The van der Waals surface area contributed by atoms with Gasteiger partial charge in [-0.2, -0.15) is 0 Å². The van der Waals surface area contributed by atoms with Gasteiger partial charge in [0.25, 0.3) is 0 Å². The Bertz CT molecular complexity index is 444. The van der Waals surface area contributed by atoms with Gasteiger partial charge >= 0.3 is 0 Å². The summed E-state index contributed by atoms with van der Waals surface area (Å²) < 4.78 is 5.47. The lowest BCUT2D eigenvalue weighted by Crippen LogP contribution is -2.34. The van der Waals surface area contributed by atoms with Gasteiger partial charge in [0.15, 0.2) is 0 Å². The molecular weight excluding hydrogens is 254 g/mol. The van der Waals surface area contributed by atoms with E-state index < -0.39 is 0 Å². The summed E-state index contributed by atoms with van der Waals surface area (Å²) in [4.78, 5) is 0. The van der Waals surface area contributed by atoms with E-state index in [1.807, 2.05) is 39.0 Å². The molecular formula is C15H25N3O2. The second-order valence-electron chi connectivity index (χ2n) is 5.38. The quantitative estimate of drug-likeness (QED) is 0.224. The number of nitrogens with one attached hydrogen (secondary N) is 1. The Morgan fingerprint density at radius 3 is 2.85 bits per heavy atom. The van der Waals surface area contributed by atoms with Crippen molar-refractivity contribution < 1.29 is 9.94 Å². The van der Waals surface area contributed by atoms with Gasteiger partial charge in [-0.25, -0.2) is 0 Å². The average molecular weight is 279 g/mol. The fraction of sp³-hybridized carbons (Fsp3) is 0.533. The van der Waals surface area contributed by atoms with Crippen LogP contribution in [0.1, 0.15) is 32.8 Å². The van der Waals surface area contributed by atoms with Gasteiger partial charge in [0.1, 0.15) is 11.6 Å². The second-order valence-corrected chi connectivity index (χ2v) is 5.38. The highest BCUT2D eigenvalue weighted by Crippen LogP contribution is 2.19. The van der Waals surface area contributed by atoms with E-state index in [-0.39, 0.29) is 11.3 Å². The monoisotopic (exact) mass is 279 g/mol. The second kappa shape index (κ2) is 7.75. The Kier molecular flexibility index (Phi) is 6.31. The van der Waals surface area contributed by atoms with Gasteiger partial charge in [-0.05, 0) is 37.6 Å². The Labute approximate surface area is 120 Å². The topological polar surface area (TPSA) is 79.9 Å². The van der Waals surface area contributed by atoms with Crippen LogP contribution in [0.25, 0.3) is 0 Å². The number of hydrogen-bond acceptors (Lipinski definition) is 4. The first-order valence-electron chi connectivity index (χ1n) is 6.90. The summed E-state index contributed by atoms with van der Waals surface area (Å²) in [5.41, 5.74) is 6.52. The number of nitrogens with zero attached hydrogens (tertiary/aromatic N) is 1. The molecule has 0 radical (unpaired) electrons. The van der Waals surface area contributed by atoms with Crippen LogP contribution in [0.15, 0.2) is 29.4 Å². The molecule has 112 valence electrons. The van der Waals surface area contributed by atoms with E-state index >= 15 is 0 Å². The van der Waals surface area contributed by atoms with Crippen LogP contribution in [-0.2, 0) is 6.54 Å². The maximum atomic E-state index is 8.71. The van der Waals surface area contributed by atoms with Crippen LogP contribution in [0.2, 0.25) is 0 Å². The lowest BCUT2D eigenvalue weighted by molar-refractivity contribution is 0.305. The predicted molar refractivity (Wildman–Crippen MR) is 81.1 cm³/mol. The fourth-order valence-corrected chi connectivity index (χ4v) is 1.81. The molecule has 5 nitrogen and oxygen atoms in total. The smallest absolute Gasteiger partial charge is 0.144 e. The number of rotatable bonds is 8. The van der Waals surface area contributed by atoms with Gasteiger partial charge < -0.3 is 21.0 Å². The molecule has 20 heavy (non-hydrogen) atoms. The van der Waals surface area contributed by atoms with Crippen LogP contribution < -0.4 is 15.8 Å². The Morgan fingerprint density at radius 1 is 1.45 bits per heavy atom. The lowest BCUT2D eigenvalue weighted by Gasteiger charge is -2.22. The highest BCUT2D eigenvalue weighted by atomic mass is 16.5. The lowest BCUT2D eigenvalue weighted by atomic mass is 9.88. The molecule has 0 amide bonds. The number of oxime groups is 1. The third-order valence-corrected chi connectivity index (χ3v) is 3.27. The summed E-state index contributed by atoms with van der Waals surface area (Å²) in [6.07, 6.45) is 0.800. The van der Waals surface area contributed by atoms with Crippen molar-refractivity contribution in [1.29, 1.82) is 0 Å². The zero-order valence-electron chi connectivity index (χ0n) is 12.5. The zero-order valence-corrected chi connectivity index (χ0v) is 12.5. The summed E-state index contributed by atoms with van der Waals surface area (Å²) in [7, 11) is 0. The first-order chi connectivity index (χ1) is 9.49. The van der Waals surface area contributed by atoms with Gasteiger partial charge in [0, 0.05) is 12.0 Å². The molecule has 0 aliphatic carbocycles.